The molecule has 0 atom stereocenters. The van der Waals surface area contributed by atoms with Gasteiger partial charge in [-0.15, -0.1) is 11.3 Å². The molecule has 6 heteroatoms. The molecule has 0 bridgehead atoms. The van der Waals surface area contributed by atoms with Crippen LogP contribution in [0.1, 0.15) is 24.3 Å². The van der Waals surface area contributed by atoms with E-state index in [1.165, 1.54) is 17.4 Å². The summed E-state index contributed by atoms with van der Waals surface area (Å²) in [4.78, 5) is 23.3. The Kier molecular flexibility index (Phi) is 6.08. The lowest BCUT2D eigenvalue weighted by Gasteiger charge is -1.99. The van der Waals surface area contributed by atoms with E-state index < -0.39 is 5.97 Å². The Morgan fingerprint density at radius 3 is 2.63 bits per heavy atom. The van der Waals surface area contributed by atoms with Crippen LogP contribution in [0, 0.1) is 0 Å². The Morgan fingerprint density at radius 2 is 2.00 bits per heavy atom. The highest BCUT2D eigenvalue weighted by Crippen LogP contribution is 2.26. The van der Waals surface area contributed by atoms with Crippen LogP contribution in [0.2, 0.25) is 0 Å². The van der Waals surface area contributed by atoms with Crippen LogP contribution in [-0.4, -0.2) is 25.2 Å². The molecule has 0 aromatic carbocycles. The van der Waals surface area contributed by atoms with Gasteiger partial charge in [0, 0.05) is 11.0 Å². The third kappa shape index (κ3) is 5.13. The molecule has 1 heterocycles. The van der Waals surface area contributed by atoms with Gasteiger partial charge in [-0.1, -0.05) is 0 Å². The standard InChI is InChI=1S/C13H17NO4S/c1-3-17-11(15)6-5-10-7-9(13(14)19-10)8-12(16)18-4-2/h5-7H,3-4,8,14H2,1-2H3/b6-5+. The number of esters is 2. The minimum Gasteiger partial charge on any atom is -0.466 e. The van der Waals surface area contributed by atoms with Crippen molar-refractivity contribution in [3.05, 3.63) is 22.6 Å². The van der Waals surface area contributed by atoms with Gasteiger partial charge in [0.2, 0.25) is 0 Å². The van der Waals surface area contributed by atoms with Crippen molar-refractivity contribution >= 4 is 34.4 Å². The fourth-order valence-corrected chi connectivity index (χ4v) is 2.25. The van der Waals surface area contributed by atoms with Crippen LogP contribution >= 0.6 is 11.3 Å². The van der Waals surface area contributed by atoms with Crippen molar-refractivity contribution in [2.75, 3.05) is 18.9 Å². The van der Waals surface area contributed by atoms with Crippen LogP contribution in [0.25, 0.3) is 6.08 Å². The summed E-state index contributed by atoms with van der Waals surface area (Å²) < 4.78 is 9.63. The fraction of sp³-hybridized carbons (Fsp3) is 0.385. The zero-order valence-electron chi connectivity index (χ0n) is 11.0. The van der Waals surface area contributed by atoms with E-state index in [-0.39, 0.29) is 12.4 Å². The molecule has 2 N–H and O–H groups in total. The average Bonchev–Trinajstić information content (AvgIpc) is 2.68. The first kappa shape index (κ1) is 15.2. The van der Waals surface area contributed by atoms with Gasteiger partial charge in [-0.25, -0.2) is 4.79 Å². The predicted molar refractivity (Wildman–Crippen MR) is 74.7 cm³/mol. The number of carbonyl (C=O) groups excluding carboxylic acids is 2. The van der Waals surface area contributed by atoms with E-state index in [1.807, 2.05) is 0 Å². The number of hydrogen-bond donors (Lipinski definition) is 1. The number of nitrogen functional groups attached to an aromatic ring is 1. The topological polar surface area (TPSA) is 78.6 Å². The SMILES string of the molecule is CCOC(=O)/C=C/c1cc(CC(=O)OCC)c(N)s1. The summed E-state index contributed by atoms with van der Waals surface area (Å²) in [5.74, 6) is -0.714. The van der Waals surface area contributed by atoms with Gasteiger partial charge in [0.15, 0.2) is 0 Å². The summed E-state index contributed by atoms with van der Waals surface area (Å²) in [6.07, 6.45) is 3.10. The predicted octanol–water partition coefficient (Wildman–Crippen LogP) is 2.01. The van der Waals surface area contributed by atoms with Gasteiger partial charge in [-0.05, 0) is 31.6 Å². The summed E-state index contributed by atoms with van der Waals surface area (Å²) in [6.45, 7) is 4.18. The molecule has 19 heavy (non-hydrogen) atoms. The van der Waals surface area contributed by atoms with Crippen molar-refractivity contribution in [3.63, 3.8) is 0 Å². The summed E-state index contributed by atoms with van der Waals surface area (Å²) in [7, 11) is 0. The minimum absolute atomic E-state index is 0.142. The third-order valence-electron chi connectivity index (χ3n) is 2.17. The summed E-state index contributed by atoms with van der Waals surface area (Å²) in [6, 6.07) is 1.77. The van der Waals surface area contributed by atoms with Gasteiger partial charge in [0.25, 0.3) is 0 Å². The highest BCUT2D eigenvalue weighted by Gasteiger charge is 2.10. The molecule has 0 amide bonds. The van der Waals surface area contributed by atoms with E-state index in [0.29, 0.717) is 23.8 Å². The molecule has 0 saturated heterocycles. The van der Waals surface area contributed by atoms with Crippen LogP contribution in [0.4, 0.5) is 5.00 Å². The lowest BCUT2D eigenvalue weighted by Crippen LogP contribution is -2.07. The normalized spacial score (nSPS) is 10.6. The summed E-state index contributed by atoms with van der Waals surface area (Å²) in [5, 5.41) is 0.552. The number of hydrogen-bond acceptors (Lipinski definition) is 6. The van der Waals surface area contributed by atoms with E-state index >= 15 is 0 Å². The van der Waals surface area contributed by atoms with Gasteiger partial charge in [-0.3, -0.25) is 4.79 Å². The van der Waals surface area contributed by atoms with Gasteiger partial charge < -0.3 is 15.2 Å². The molecule has 0 spiro atoms. The molecule has 1 rings (SSSR count). The average molecular weight is 283 g/mol. The number of ether oxygens (including phenoxy) is 2. The molecule has 0 unspecified atom stereocenters. The Hall–Kier alpha value is -1.82. The van der Waals surface area contributed by atoms with Crippen molar-refractivity contribution < 1.29 is 19.1 Å². The van der Waals surface area contributed by atoms with Gasteiger partial charge in [0.1, 0.15) is 0 Å². The first-order chi connectivity index (χ1) is 9.06. The molecule has 0 aliphatic rings. The summed E-state index contributed by atoms with van der Waals surface area (Å²) in [5.41, 5.74) is 6.53. The lowest BCUT2D eigenvalue weighted by molar-refractivity contribution is -0.142. The van der Waals surface area contributed by atoms with E-state index in [9.17, 15) is 9.59 Å². The Morgan fingerprint density at radius 1 is 1.32 bits per heavy atom. The number of nitrogens with two attached hydrogens (primary N) is 1. The monoisotopic (exact) mass is 283 g/mol. The van der Waals surface area contributed by atoms with Crippen molar-refractivity contribution in [1.82, 2.24) is 0 Å². The van der Waals surface area contributed by atoms with Crippen LogP contribution in [0.5, 0.6) is 0 Å². The smallest absolute Gasteiger partial charge is 0.330 e. The minimum atomic E-state index is -0.401. The van der Waals surface area contributed by atoms with E-state index in [2.05, 4.69) is 0 Å². The molecule has 0 radical (unpaired) electrons. The first-order valence-corrected chi connectivity index (χ1v) is 6.77. The second kappa shape index (κ2) is 7.58. The van der Waals surface area contributed by atoms with E-state index in [4.69, 9.17) is 15.2 Å². The van der Waals surface area contributed by atoms with E-state index in [0.717, 1.165) is 4.88 Å². The van der Waals surface area contributed by atoms with Crippen LogP contribution in [-0.2, 0) is 25.5 Å². The number of thiophene rings is 1. The fourth-order valence-electron chi connectivity index (χ4n) is 1.39. The number of rotatable bonds is 6. The quantitative estimate of drug-likeness (QED) is 0.638. The Labute approximate surface area is 116 Å². The molecule has 1 aromatic rings. The molecule has 104 valence electrons. The molecule has 0 saturated carbocycles. The zero-order chi connectivity index (χ0) is 14.3. The summed E-state index contributed by atoms with van der Waals surface area (Å²) >= 11 is 1.31. The zero-order valence-corrected chi connectivity index (χ0v) is 11.8. The molecular weight excluding hydrogens is 266 g/mol. The largest absolute Gasteiger partial charge is 0.466 e. The molecule has 0 aliphatic heterocycles. The Bertz CT molecular complexity index is 479. The van der Waals surface area contributed by atoms with Gasteiger partial charge in [0.05, 0.1) is 24.6 Å². The Balaban J connectivity index is 2.68. The molecule has 5 nitrogen and oxygen atoms in total. The van der Waals surface area contributed by atoms with Crippen LogP contribution in [0.15, 0.2) is 12.1 Å². The van der Waals surface area contributed by atoms with Gasteiger partial charge >= 0.3 is 11.9 Å². The van der Waals surface area contributed by atoms with Crippen LogP contribution < -0.4 is 5.73 Å². The van der Waals surface area contributed by atoms with Gasteiger partial charge in [-0.2, -0.15) is 0 Å². The van der Waals surface area contributed by atoms with Crippen molar-refractivity contribution in [3.8, 4) is 0 Å². The van der Waals surface area contributed by atoms with Crippen molar-refractivity contribution in [1.29, 1.82) is 0 Å². The molecule has 0 fully saturated rings. The van der Waals surface area contributed by atoms with Crippen molar-refractivity contribution in [2.24, 2.45) is 0 Å². The van der Waals surface area contributed by atoms with Crippen molar-refractivity contribution in [2.45, 2.75) is 20.3 Å². The lowest BCUT2D eigenvalue weighted by atomic mass is 10.2. The maximum Gasteiger partial charge on any atom is 0.330 e. The number of carbonyl (C=O) groups is 2. The molecule has 0 aliphatic carbocycles. The highest BCUT2D eigenvalue weighted by molar-refractivity contribution is 7.17. The van der Waals surface area contributed by atoms with E-state index in [1.54, 1.807) is 26.0 Å². The highest BCUT2D eigenvalue weighted by atomic mass is 32.1. The molecular formula is C13H17NO4S. The molecule has 1 aromatic heterocycles. The number of anilines is 1. The first-order valence-electron chi connectivity index (χ1n) is 5.95. The second-order valence-corrected chi connectivity index (χ2v) is 4.72. The maximum absolute atomic E-state index is 11.4. The van der Waals surface area contributed by atoms with Crippen LogP contribution in [0.3, 0.4) is 0 Å². The third-order valence-corrected chi connectivity index (χ3v) is 3.14. The second-order valence-electron chi connectivity index (χ2n) is 3.61. The maximum atomic E-state index is 11.4.